The molecular weight excluding hydrogens is 231 g/mol. The van der Waals surface area contributed by atoms with Crippen molar-refractivity contribution >= 4 is 16.8 Å². The zero-order valence-electron chi connectivity index (χ0n) is 10.3. The molecule has 2 aromatic rings. The topological polar surface area (TPSA) is 25.2 Å². The van der Waals surface area contributed by atoms with Crippen molar-refractivity contribution in [2.24, 2.45) is 0 Å². The van der Waals surface area contributed by atoms with Gasteiger partial charge in [-0.2, -0.15) is 0 Å². The summed E-state index contributed by atoms with van der Waals surface area (Å²) in [6.07, 6.45) is 2.89. The first-order valence-electron chi connectivity index (χ1n) is 6.22. The maximum atomic E-state index is 13.1. The van der Waals surface area contributed by atoms with E-state index in [1.54, 1.807) is 22.9 Å². The van der Waals surface area contributed by atoms with Gasteiger partial charge in [-0.05, 0) is 37.6 Å². The summed E-state index contributed by atoms with van der Waals surface area (Å²) in [6, 6.07) is 6.16. The number of likely N-dealkylation sites (tertiary alicyclic amines) is 1. The fourth-order valence-electron chi connectivity index (χ4n) is 2.39. The molecule has 0 N–H and O–H groups in total. The molecule has 0 unspecified atom stereocenters. The third-order valence-corrected chi connectivity index (χ3v) is 3.69. The number of nitrogens with zero attached hydrogens (tertiary/aromatic N) is 2. The van der Waals surface area contributed by atoms with Gasteiger partial charge in [-0.3, -0.25) is 14.3 Å². The summed E-state index contributed by atoms with van der Waals surface area (Å²) in [7, 11) is 0. The number of rotatable bonds is 2. The van der Waals surface area contributed by atoms with Gasteiger partial charge in [0.1, 0.15) is 5.82 Å². The maximum absolute atomic E-state index is 13.1. The number of hydrogen-bond acceptors (Lipinski definition) is 2. The predicted octanol–water partition coefficient (Wildman–Crippen LogP) is 2.51. The molecule has 0 spiro atoms. The summed E-state index contributed by atoms with van der Waals surface area (Å²) >= 11 is 0. The van der Waals surface area contributed by atoms with E-state index in [1.807, 2.05) is 6.92 Å². The van der Waals surface area contributed by atoms with E-state index < -0.39 is 0 Å². The first kappa shape index (κ1) is 11.4. The van der Waals surface area contributed by atoms with Gasteiger partial charge in [0, 0.05) is 24.7 Å². The van der Waals surface area contributed by atoms with Crippen LogP contribution in [-0.2, 0) is 0 Å². The average Bonchev–Trinajstić information content (AvgIpc) is 2.68. The molecule has 4 heteroatoms. The summed E-state index contributed by atoms with van der Waals surface area (Å²) in [5.41, 5.74) is 0.772. The second-order valence-electron chi connectivity index (χ2n) is 4.79. The lowest BCUT2D eigenvalue weighted by Crippen LogP contribution is -2.48. The fraction of sp³-hybridized carbons (Fsp3) is 0.357. The third-order valence-electron chi connectivity index (χ3n) is 3.69. The monoisotopic (exact) mass is 246 g/mol. The van der Waals surface area contributed by atoms with Crippen LogP contribution in [0.2, 0.25) is 0 Å². The number of carbonyl (C=O) groups excluding carboxylic acids is 1. The predicted molar refractivity (Wildman–Crippen MR) is 68.2 cm³/mol. The molecule has 1 fully saturated rings. The minimum absolute atomic E-state index is 0.0521. The van der Waals surface area contributed by atoms with Gasteiger partial charge in [0.25, 0.3) is 0 Å². The van der Waals surface area contributed by atoms with Crippen molar-refractivity contribution < 1.29 is 9.18 Å². The summed E-state index contributed by atoms with van der Waals surface area (Å²) in [4.78, 5) is 14.5. The lowest BCUT2D eigenvalue weighted by molar-refractivity contribution is 0.0647. The van der Waals surface area contributed by atoms with E-state index in [0.717, 1.165) is 30.4 Å². The minimum atomic E-state index is -0.275. The van der Waals surface area contributed by atoms with Crippen molar-refractivity contribution in [3.05, 3.63) is 36.3 Å². The van der Waals surface area contributed by atoms with Gasteiger partial charge < -0.3 is 0 Å². The van der Waals surface area contributed by atoms with Crippen LogP contribution < -0.4 is 0 Å². The lowest BCUT2D eigenvalue weighted by Gasteiger charge is -2.35. The summed E-state index contributed by atoms with van der Waals surface area (Å²) in [6.45, 7) is 3.90. The van der Waals surface area contributed by atoms with Crippen LogP contribution in [0.1, 0.15) is 18.1 Å². The number of carbonyl (C=O) groups is 1. The smallest absolute Gasteiger partial charge is 0.248 e. The highest BCUT2D eigenvalue weighted by molar-refractivity contribution is 5.94. The van der Waals surface area contributed by atoms with Gasteiger partial charge >= 0.3 is 0 Å². The van der Waals surface area contributed by atoms with Crippen LogP contribution in [0.3, 0.4) is 0 Å². The van der Waals surface area contributed by atoms with E-state index in [4.69, 9.17) is 0 Å². The SMILES string of the molecule is C[C@H](C(=O)n1ccc2cc(F)ccc21)N1CCC1. The highest BCUT2D eigenvalue weighted by atomic mass is 19.1. The van der Waals surface area contributed by atoms with E-state index in [-0.39, 0.29) is 17.8 Å². The zero-order valence-corrected chi connectivity index (χ0v) is 10.3. The molecular formula is C14H15FN2O. The molecule has 18 heavy (non-hydrogen) atoms. The molecule has 1 aliphatic heterocycles. The van der Waals surface area contributed by atoms with Gasteiger partial charge in [-0.1, -0.05) is 0 Å². The van der Waals surface area contributed by atoms with Crippen LogP contribution in [0.15, 0.2) is 30.5 Å². The molecule has 0 bridgehead atoms. The van der Waals surface area contributed by atoms with Crippen LogP contribution in [0.25, 0.3) is 10.9 Å². The first-order valence-corrected chi connectivity index (χ1v) is 6.22. The normalized spacial score (nSPS) is 17.7. The maximum Gasteiger partial charge on any atom is 0.248 e. The molecule has 3 rings (SSSR count). The molecule has 1 aromatic carbocycles. The van der Waals surface area contributed by atoms with Crippen LogP contribution in [0.4, 0.5) is 4.39 Å². The molecule has 1 atom stereocenters. The van der Waals surface area contributed by atoms with E-state index in [2.05, 4.69) is 4.90 Å². The Balaban J connectivity index is 1.96. The molecule has 0 aliphatic carbocycles. The van der Waals surface area contributed by atoms with Gasteiger partial charge in [0.15, 0.2) is 0 Å². The first-order chi connectivity index (χ1) is 8.66. The van der Waals surface area contributed by atoms with Gasteiger partial charge in [-0.15, -0.1) is 0 Å². The summed E-state index contributed by atoms with van der Waals surface area (Å²) in [5.74, 6) is -0.222. The largest absolute Gasteiger partial charge is 0.292 e. The average molecular weight is 246 g/mol. The third kappa shape index (κ3) is 1.73. The van der Waals surface area contributed by atoms with E-state index in [0.29, 0.717) is 0 Å². The second kappa shape index (κ2) is 4.21. The van der Waals surface area contributed by atoms with Crippen molar-refractivity contribution in [3.8, 4) is 0 Å². The van der Waals surface area contributed by atoms with Crippen LogP contribution >= 0.6 is 0 Å². The molecule has 0 amide bonds. The van der Waals surface area contributed by atoms with Crippen molar-refractivity contribution in [3.63, 3.8) is 0 Å². The van der Waals surface area contributed by atoms with Crippen molar-refractivity contribution in [2.45, 2.75) is 19.4 Å². The van der Waals surface area contributed by atoms with Crippen LogP contribution in [0, 0.1) is 5.82 Å². The fourth-order valence-corrected chi connectivity index (χ4v) is 2.39. The molecule has 94 valence electrons. The Labute approximate surface area is 105 Å². The Morgan fingerprint density at radius 3 is 2.78 bits per heavy atom. The van der Waals surface area contributed by atoms with E-state index in [1.165, 1.54) is 12.1 Å². The van der Waals surface area contributed by atoms with E-state index >= 15 is 0 Å². The molecule has 1 aliphatic rings. The van der Waals surface area contributed by atoms with Crippen molar-refractivity contribution in [1.29, 1.82) is 0 Å². The quantitative estimate of drug-likeness (QED) is 0.813. The molecule has 1 aromatic heterocycles. The van der Waals surface area contributed by atoms with Gasteiger partial charge in [0.2, 0.25) is 5.91 Å². The minimum Gasteiger partial charge on any atom is -0.292 e. The number of aromatic nitrogens is 1. The highest BCUT2D eigenvalue weighted by Gasteiger charge is 2.27. The standard InChI is InChI=1S/C14H15FN2O/c1-10(16-6-2-7-16)14(18)17-8-5-11-9-12(15)3-4-13(11)17/h3-5,8-10H,2,6-7H2,1H3/t10-/m1/s1. The number of benzene rings is 1. The second-order valence-corrected chi connectivity index (χ2v) is 4.79. The Morgan fingerprint density at radius 2 is 2.11 bits per heavy atom. The Hall–Kier alpha value is -1.68. The Morgan fingerprint density at radius 1 is 1.33 bits per heavy atom. The number of fused-ring (bicyclic) bond motifs is 1. The zero-order chi connectivity index (χ0) is 12.7. The van der Waals surface area contributed by atoms with Crippen LogP contribution in [0.5, 0.6) is 0 Å². The molecule has 0 saturated carbocycles. The van der Waals surface area contributed by atoms with Gasteiger partial charge in [0.05, 0.1) is 11.6 Å². The highest BCUT2D eigenvalue weighted by Crippen LogP contribution is 2.19. The van der Waals surface area contributed by atoms with Crippen molar-refractivity contribution in [1.82, 2.24) is 9.47 Å². The lowest BCUT2D eigenvalue weighted by atomic mass is 10.1. The summed E-state index contributed by atoms with van der Waals surface area (Å²) in [5, 5.41) is 0.763. The molecule has 2 heterocycles. The number of hydrogen-bond donors (Lipinski definition) is 0. The molecule has 3 nitrogen and oxygen atoms in total. The Bertz CT molecular complexity index is 601. The molecule has 1 saturated heterocycles. The summed E-state index contributed by atoms with van der Waals surface area (Å²) < 4.78 is 14.7. The van der Waals surface area contributed by atoms with Gasteiger partial charge in [-0.25, -0.2) is 4.39 Å². The van der Waals surface area contributed by atoms with Crippen LogP contribution in [-0.4, -0.2) is 34.5 Å². The number of halogens is 1. The molecule has 0 radical (unpaired) electrons. The van der Waals surface area contributed by atoms with Crippen molar-refractivity contribution in [2.75, 3.05) is 13.1 Å². The Kier molecular flexibility index (Phi) is 2.67. The van der Waals surface area contributed by atoms with E-state index in [9.17, 15) is 9.18 Å².